The van der Waals surface area contributed by atoms with Crippen molar-refractivity contribution in [1.29, 1.82) is 0 Å². The number of H-pyrrole nitrogens is 1. The average molecular weight is 314 g/mol. The summed E-state index contributed by atoms with van der Waals surface area (Å²) in [5.41, 5.74) is 1.33. The predicted octanol–water partition coefficient (Wildman–Crippen LogP) is 2.08. The van der Waals surface area contributed by atoms with Gasteiger partial charge in [0.2, 0.25) is 5.91 Å². The Kier molecular flexibility index (Phi) is 4.32. The van der Waals surface area contributed by atoms with Crippen LogP contribution in [0.15, 0.2) is 24.4 Å². The van der Waals surface area contributed by atoms with E-state index in [0.29, 0.717) is 5.56 Å². The Hall–Kier alpha value is -2.37. The number of piperidine rings is 1. The van der Waals surface area contributed by atoms with Crippen LogP contribution in [0.4, 0.5) is 0 Å². The number of amides is 2. The third-order valence-electron chi connectivity index (χ3n) is 4.51. The molecule has 1 saturated heterocycles. The highest BCUT2D eigenvalue weighted by molar-refractivity contribution is 6.00. The second-order valence-electron chi connectivity index (χ2n) is 6.24. The fourth-order valence-corrected chi connectivity index (χ4v) is 3.09. The predicted molar refractivity (Wildman–Crippen MR) is 88.0 cm³/mol. The Labute approximate surface area is 135 Å². The van der Waals surface area contributed by atoms with E-state index in [0.717, 1.165) is 36.7 Å². The first kappa shape index (κ1) is 15.5. The number of likely N-dealkylation sites (tertiary alicyclic amines) is 1. The zero-order chi connectivity index (χ0) is 16.4. The molecular weight excluding hydrogens is 292 g/mol. The van der Waals surface area contributed by atoms with Crippen LogP contribution in [0, 0.1) is 0 Å². The molecule has 0 saturated carbocycles. The number of benzene rings is 1. The minimum Gasteiger partial charge on any atom is -0.341 e. The minimum atomic E-state index is -0.527. The molecule has 1 aliphatic rings. The summed E-state index contributed by atoms with van der Waals surface area (Å²) in [4.78, 5) is 26.8. The van der Waals surface area contributed by atoms with E-state index in [2.05, 4.69) is 22.4 Å². The third-order valence-corrected chi connectivity index (χ3v) is 4.51. The van der Waals surface area contributed by atoms with Gasteiger partial charge in [0.05, 0.1) is 11.7 Å². The standard InChI is InChI=1S/C17H22N4O2/c1-11-5-3-4-8-21(11)17(23)12(2)19-16(22)13-6-7-14-10-18-20-15(14)9-13/h6-7,9-12H,3-5,8H2,1-2H3,(H,18,20)(H,19,22). The molecule has 0 radical (unpaired) electrons. The summed E-state index contributed by atoms with van der Waals surface area (Å²) in [7, 11) is 0. The van der Waals surface area contributed by atoms with Gasteiger partial charge in [-0.1, -0.05) is 6.07 Å². The number of nitrogens with zero attached hydrogens (tertiary/aromatic N) is 2. The first-order chi connectivity index (χ1) is 11.1. The molecule has 1 aromatic heterocycles. The number of nitrogens with one attached hydrogen (secondary N) is 2. The molecule has 0 spiro atoms. The number of carbonyl (C=O) groups is 2. The fraction of sp³-hybridized carbons (Fsp3) is 0.471. The average Bonchev–Trinajstić information content (AvgIpc) is 3.02. The molecule has 2 aromatic rings. The van der Waals surface area contributed by atoms with Crippen molar-refractivity contribution in [1.82, 2.24) is 20.4 Å². The maximum atomic E-state index is 12.5. The Bertz CT molecular complexity index is 724. The fourth-order valence-electron chi connectivity index (χ4n) is 3.09. The van der Waals surface area contributed by atoms with Crippen molar-refractivity contribution in [3.8, 4) is 0 Å². The third kappa shape index (κ3) is 3.21. The van der Waals surface area contributed by atoms with Crippen LogP contribution in [0.5, 0.6) is 0 Å². The van der Waals surface area contributed by atoms with Crippen LogP contribution in [0.2, 0.25) is 0 Å². The molecule has 6 heteroatoms. The van der Waals surface area contributed by atoms with Crippen LogP contribution >= 0.6 is 0 Å². The molecule has 3 rings (SSSR count). The number of aromatic nitrogens is 2. The SMILES string of the molecule is CC(NC(=O)c1ccc2cn[nH]c2c1)C(=O)N1CCCCC1C. The minimum absolute atomic E-state index is 0.00633. The number of aromatic amines is 1. The van der Waals surface area contributed by atoms with Crippen LogP contribution in [0.3, 0.4) is 0 Å². The summed E-state index contributed by atoms with van der Waals surface area (Å²) in [5.74, 6) is -0.250. The van der Waals surface area contributed by atoms with Crippen molar-refractivity contribution in [2.75, 3.05) is 6.54 Å². The van der Waals surface area contributed by atoms with Gasteiger partial charge in [0.25, 0.3) is 5.91 Å². The lowest BCUT2D eigenvalue weighted by Gasteiger charge is -2.35. The summed E-state index contributed by atoms with van der Waals surface area (Å²) in [5, 5.41) is 10.5. The smallest absolute Gasteiger partial charge is 0.251 e. The van der Waals surface area contributed by atoms with Crippen LogP contribution < -0.4 is 5.32 Å². The van der Waals surface area contributed by atoms with Crippen molar-refractivity contribution < 1.29 is 9.59 Å². The summed E-state index contributed by atoms with van der Waals surface area (Å²) in [6.07, 6.45) is 4.94. The van der Waals surface area contributed by atoms with Gasteiger partial charge in [0, 0.05) is 23.5 Å². The molecule has 1 aliphatic heterocycles. The van der Waals surface area contributed by atoms with Gasteiger partial charge in [-0.05, 0) is 45.2 Å². The lowest BCUT2D eigenvalue weighted by Crippen LogP contribution is -2.51. The van der Waals surface area contributed by atoms with Crippen LogP contribution in [0.1, 0.15) is 43.5 Å². The molecule has 122 valence electrons. The highest BCUT2D eigenvalue weighted by atomic mass is 16.2. The van der Waals surface area contributed by atoms with Crippen molar-refractivity contribution in [3.05, 3.63) is 30.0 Å². The summed E-state index contributed by atoms with van der Waals surface area (Å²) in [6.45, 7) is 4.59. The Balaban J connectivity index is 1.67. The summed E-state index contributed by atoms with van der Waals surface area (Å²) >= 11 is 0. The van der Waals surface area contributed by atoms with Crippen molar-refractivity contribution in [3.63, 3.8) is 0 Å². The first-order valence-electron chi connectivity index (χ1n) is 8.11. The van der Waals surface area contributed by atoms with E-state index in [1.165, 1.54) is 0 Å². The lowest BCUT2D eigenvalue weighted by atomic mass is 10.0. The molecular formula is C17H22N4O2. The molecule has 2 heterocycles. The zero-order valence-electron chi connectivity index (χ0n) is 13.5. The molecule has 6 nitrogen and oxygen atoms in total. The molecule has 1 aromatic carbocycles. The van der Waals surface area contributed by atoms with E-state index in [1.807, 2.05) is 11.0 Å². The van der Waals surface area contributed by atoms with Gasteiger partial charge < -0.3 is 10.2 Å². The molecule has 2 atom stereocenters. The Morgan fingerprint density at radius 2 is 2.22 bits per heavy atom. The largest absolute Gasteiger partial charge is 0.341 e. The number of fused-ring (bicyclic) bond motifs is 1. The van der Waals surface area contributed by atoms with Gasteiger partial charge in [-0.2, -0.15) is 5.10 Å². The van der Waals surface area contributed by atoms with Crippen molar-refractivity contribution in [2.45, 2.75) is 45.2 Å². The van der Waals surface area contributed by atoms with E-state index in [1.54, 1.807) is 25.3 Å². The molecule has 2 unspecified atom stereocenters. The quantitative estimate of drug-likeness (QED) is 0.910. The first-order valence-corrected chi connectivity index (χ1v) is 8.11. The second-order valence-corrected chi connectivity index (χ2v) is 6.24. The van der Waals surface area contributed by atoms with E-state index in [4.69, 9.17) is 0 Å². The Morgan fingerprint density at radius 1 is 1.39 bits per heavy atom. The van der Waals surface area contributed by atoms with Gasteiger partial charge in [0.15, 0.2) is 0 Å². The maximum absolute atomic E-state index is 12.5. The van der Waals surface area contributed by atoms with Gasteiger partial charge in [0.1, 0.15) is 6.04 Å². The van der Waals surface area contributed by atoms with Gasteiger partial charge in [-0.15, -0.1) is 0 Å². The van der Waals surface area contributed by atoms with Gasteiger partial charge in [-0.25, -0.2) is 0 Å². The van der Waals surface area contributed by atoms with Crippen LogP contribution in [-0.2, 0) is 4.79 Å². The molecule has 2 N–H and O–H groups in total. The second kappa shape index (κ2) is 6.40. The number of hydrogen-bond acceptors (Lipinski definition) is 3. The van der Waals surface area contributed by atoms with E-state index in [9.17, 15) is 9.59 Å². The molecule has 2 amide bonds. The number of rotatable bonds is 3. The van der Waals surface area contributed by atoms with Crippen LogP contribution in [0.25, 0.3) is 10.9 Å². The summed E-state index contributed by atoms with van der Waals surface area (Å²) in [6, 6.07) is 5.05. The van der Waals surface area contributed by atoms with E-state index < -0.39 is 6.04 Å². The zero-order valence-corrected chi connectivity index (χ0v) is 13.5. The molecule has 23 heavy (non-hydrogen) atoms. The highest BCUT2D eigenvalue weighted by Crippen LogP contribution is 2.17. The number of hydrogen-bond donors (Lipinski definition) is 2. The van der Waals surface area contributed by atoms with Crippen LogP contribution in [-0.4, -0.2) is 45.5 Å². The van der Waals surface area contributed by atoms with Gasteiger partial charge >= 0.3 is 0 Å². The topological polar surface area (TPSA) is 78.1 Å². The van der Waals surface area contributed by atoms with Crippen molar-refractivity contribution >= 4 is 22.7 Å². The lowest BCUT2D eigenvalue weighted by molar-refractivity contribution is -0.136. The molecule has 0 aliphatic carbocycles. The normalized spacial score (nSPS) is 19.6. The number of carbonyl (C=O) groups excluding carboxylic acids is 2. The summed E-state index contributed by atoms with van der Waals surface area (Å²) < 4.78 is 0. The monoisotopic (exact) mass is 314 g/mol. The highest BCUT2D eigenvalue weighted by Gasteiger charge is 2.27. The Morgan fingerprint density at radius 3 is 3.00 bits per heavy atom. The van der Waals surface area contributed by atoms with E-state index >= 15 is 0 Å². The molecule has 1 fully saturated rings. The van der Waals surface area contributed by atoms with E-state index in [-0.39, 0.29) is 17.9 Å². The maximum Gasteiger partial charge on any atom is 0.251 e. The molecule has 0 bridgehead atoms. The van der Waals surface area contributed by atoms with Crippen molar-refractivity contribution in [2.24, 2.45) is 0 Å². The van der Waals surface area contributed by atoms with Gasteiger partial charge in [-0.3, -0.25) is 14.7 Å².